The lowest BCUT2D eigenvalue weighted by atomic mass is 9.76. The summed E-state index contributed by atoms with van der Waals surface area (Å²) in [5, 5.41) is 0. The quantitative estimate of drug-likeness (QED) is 0.733. The van der Waals surface area contributed by atoms with Crippen LogP contribution < -0.4 is 0 Å². The molecular formula is C20H29NO. The number of unbranched alkanes of at least 4 members (excludes halogenated alkanes) is 1. The van der Waals surface area contributed by atoms with E-state index in [9.17, 15) is 4.79 Å². The lowest BCUT2D eigenvalue weighted by Gasteiger charge is -2.46. The normalized spacial score (nSPS) is 28.5. The maximum absolute atomic E-state index is 12.5. The Bertz CT molecular complexity index is 470. The molecule has 1 aromatic carbocycles. The molecule has 3 rings (SSSR count). The van der Waals surface area contributed by atoms with E-state index in [1.807, 2.05) is 0 Å². The predicted molar refractivity (Wildman–Crippen MR) is 90.9 cm³/mol. The SMILES string of the molecule is CN1C2CCCC1CC(C(=O)CCCCc1ccccc1)C2. The van der Waals surface area contributed by atoms with Crippen LogP contribution in [0, 0.1) is 5.92 Å². The van der Waals surface area contributed by atoms with Crippen LogP contribution in [0.5, 0.6) is 0 Å². The third kappa shape index (κ3) is 3.78. The standard InChI is InChI=1S/C20H29NO/c1-21-18-11-7-12-19(21)15-17(14-18)20(22)13-6-5-10-16-8-3-2-4-9-16/h2-4,8-9,17-19H,5-7,10-15H2,1H3. The highest BCUT2D eigenvalue weighted by atomic mass is 16.1. The number of carbonyl (C=O) groups is 1. The summed E-state index contributed by atoms with van der Waals surface area (Å²) < 4.78 is 0. The Kier molecular flexibility index (Phi) is 5.30. The second kappa shape index (κ2) is 7.41. The number of benzene rings is 1. The van der Waals surface area contributed by atoms with Crippen LogP contribution in [0.4, 0.5) is 0 Å². The smallest absolute Gasteiger partial charge is 0.136 e. The molecule has 2 aliphatic rings. The van der Waals surface area contributed by atoms with E-state index in [1.54, 1.807) is 0 Å². The Morgan fingerprint density at radius 3 is 2.45 bits per heavy atom. The Morgan fingerprint density at radius 1 is 1.09 bits per heavy atom. The van der Waals surface area contributed by atoms with E-state index in [-0.39, 0.29) is 0 Å². The third-order valence-corrected chi connectivity index (χ3v) is 5.78. The summed E-state index contributed by atoms with van der Waals surface area (Å²) in [5.41, 5.74) is 1.39. The molecule has 0 saturated carbocycles. The Balaban J connectivity index is 1.41. The van der Waals surface area contributed by atoms with Crippen LogP contribution >= 0.6 is 0 Å². The van der Waals surface area contributed by atoms with Crippen LogP contribution in [0.15, 0.2) is 30.3 Å². The van der Waals surface area contributed by atoms with Gasteiger partial charge in [0.05, 0.1) is 0 Å². The zero-order chi connectivity index (χ0) is 15.4. The predicted octanol–water partition coefficient (Wildman–Crippen LogP) is 4.23. The van der Waals surface area contributed by atoms with E-state index >= 15 is 0 Å². The van der Waals surface area contributed by atoms with Gasteiger partial charge in [-0.2, -0.15) is 0 Å². The third-order valence-electron chi connectivity index (χ3n) is 5.78. The molecule has 0 N–H and O–H groups in total. The fourth-order valence-corrected chi connectivity index (χ4v) is 4.36. The van der Waals surface area contributed by atoms with Crippen molar-refractivity contribution in [1.82, 2.24) is 4.90 Å². The van der Waals surface area contributed by atoms with Gasteiger partial charge in [0.2, 0.25) is 0 Å². The first-order chi connectivity index (χ1) is 10.7. The van der Waals surface area contributed by atoms with E-state index in [2.05, 4.69) is 42.3 Å². The molecule has 1 aromatic rings. The number of ketones is 1. The maximum atomic E-state index is 12.5. The number of rotatable bonds is 6. The minimum atomic E-state index is 0.350. The van der Waals surface area contributed by atoms with Crippen LogP contribution in [0.2, 0.25) is 0 Å². The molecule has 2 atom stereocenters. The molecule has 2 heterocycles. The first kappa shape index (κ1) is 15.7. The highest BCUT2D eigenvalue weighted by Crippen LogP contribution is 2.36. The topological polar surface area (TPSA) is 20.3 Å². The molecule has 2 fully saturated rings. The van der Waals surface area contributed by atoms with E-state index < -0.39 is 0 Å². The number of fused-ring (bicyclic) bond motifs is 2. The van der Waals surface area contributed by atoms with Gasteiger partial charge in [0, 0.05) is 24.4 Å². The van der Waals surface area contributed by atoms with Gasteiger partial charge >= 0.3 is 0 Å². The van der Waals surface area contributed by atoms with Crippen molar-refractivity contribution in [3.63, 3.8) is 0 Å². The van der Waals surface area contributed by atoms with Crippen LogP contribution in [0.1, 0.15) is 56.9 Å². The van der Waals surface area contributed by atoms with Gasteiger partial charge < -0.3 is 4.90 Å². The van der Waals surface area contributed by atoms with Gasteiger partial charge in [-0.15, -0.1) is 0 Å². The molecule has 2 saturated heterocycles. The summed E-state index contributed by atoms with van der Waals surface area (Å²) >= 11 is 0. The average molecular weight is 299 g/mol. The number of aryl methyl sites for hydroxylation is 1. The summed E-state index contributed by atoms with van der Waals surface area (Å²) in [7, 11) is 2.26. The minimum Gasteiger partial charge on any atom is -0.300 e. The molecular weight excluding hydrogens is 270 g/mol. The van der Waals surface area contributed by atoms with Gasteiger partial charge in [0.25, 0.3) is 0 Å². The molecule has 0 aliphatic carbocycles. The fraction of sp³-hybridized carbons (Fsp3) is 0.650. The largest absolute Gasteiger partial charge is 0.300 e. The minimum absolute atomic E-state index is 0.350. The molecule has 2 nitrogen and oxygen atoms in total. The van der Waals surface area contributed by atoms with Crippen molar-refractivity contribution in [3.8, 4) is 0 Å². The van der Waals surface area contributed by atoms with Crippen LogP contribution in [-0.4, -0.2) is 29.8 Å². The summed E-state index contributed by atoms with van der Waals surface area (Å²) in [6, 6.07) is 12.0. The van der Waals surface area contributed by atoms with Crippen molar-refractivity contribution in [3.05, 3.63) is 35.9 Å². The number of piperidine rings is 2. The molecule has 120 valence electrons. The van der Waals surface area contributed by atoms with E-state index in [1.165, 1.54) is 24.8 Å². The van der Waals surface area contributed by atoms with Crippen LogP contribution in [0.25, 0.3) is 0 Å². The molecule has 2 aliphatic heterocycles. The van der Waals surface area contributed by atoms with Crippen molar-refractivity contribution >= 4 is 5.78 Å². The van der Waals surface area contributed by atoms with E-state index in [0.717, 1.165) is 38.5 Å². The summed E-state index contributed by atoms with van der Waals surface area (Å²) in [6.07, 6.45) is 10.3. The highest BCUT2D eigenvalue weighted by Gasteiger charge is 2.38. The van der Waals surface area contributed by atoms with E-state index in [4.69, 9.17) is 0 Å². The Morgan fingerprint density at radius 2 is 1.77 bits per heavy atom. The zero-order valence-electron chi connectivity index (χ0n) is 13.8. The number of hydrogen-bond donors (Lipinski definition) is 0. The molecule has 0 radical (unpaired) electrons. The Labute approximate surface area is 134 Å². The van der Waals surface area contributed by atoms with Gasteiger partial charge in [0.15, 0.2) is 0 Å². The van der Waals surface area contributed by atoms with Crippen molar-refractivity contribution in [2.75, 3.05) is 7.05 Å². The molecule has 2 unspecified atom stereocenters. The van der Waals surface area contributed by atoms with Gasteiger partial charge in [-0.1, -0.05) is 36.8 Å². The lowest BCUT2D eigenvalue weighted by Crippen LogP contribution is -2.51. The Hall–Kier alpha value is -1.15. The van der Waals surface area contributed by atoms with E-state index in [0.29, 0.717) is 23.8 Å². The van der Waals surface area contributed by atoms with Crippen molar-refractivity contribution in [1.29, 1.82) is 0 Å². The van der Waals surface area contributed by atoms with Gasteiger partial charge in [-0.05, 0) is 57.6 Å². The van der Waals surface area contributed by atoms with Gasteiger partial charge in [-0.3, -0.25) is 4.79 Å². The first-order valence-electron chi connectivity index (χ1n) is 9.02. The number of nitrogens with zero attached hydrogens (tertiary/aromatic N) is 1. The second-order valence-corrected chi connectivity index (χ2v) is 7.23. The zero-order valence-corrected chi connectivity index (χ0v) is 13.8. The molecule has 0 amide bonds. The van der Waals surface area contributed by atoms with Crippen molar-refractivity contribution < 1.29 is 4.79 Å². The number of Topliss-reactive ketones (excluding diaryl/α,β-unsaturated/α-hetero) is 1. The number of carbonyl (C=O) groups excluding carboxylic acids is 1. The van der Waals surface area contributed by atoms with Gasteiger partial charge in [-0.25, -0.2) is 0 Å². The molecule has 2 heteroatoms. The highest BCUT2D eigenvalue weighted by molar-refractivity contribution is 5.81. The molecule has 2 bridgehead atoms. The van der Waals surface area contributed by atoms with Crippen LogP contribution in [-0.2, 0) is 11.2 Å². The second-order valence-electron chi connectivity index (χ2n) is 7.23. The summed E-state index contributed by atoms with van der Waals surface area (Å²) in [4.78, 5) is 15.1. The summed E-state index contributed by atoms with van der Waals surface area (Å²) in [5.74, 6) is 0.890. The molecule has 22 heavy (non-hydrogen) atoms. The average Bonchev–Trinajstić information content (AvgIpc) is 2.52. The lowest BCUT2D eigenvalue weighted by molar-refractivity contribution is -0.126. The maximum Gasteiger partial charge on any atom is 0.136 e. The monoisotopic (exact) mass is 299 g/mol. The molecule has 0 aromatic heterocycles. The van der Waals surface area contributed by atoms with Crippen molar-refractivity contribution in [2.24, 2.45) is 5.92 Å². The van der Waals surface area contributed by atoms with Crippen molar-refractivity contribution in [2.45, 2.75) is 69.9 Å². The number of hydrogen-bond acceptors (Lipinski definition) is 2. The summed E-state index contributed by atoms with van der Waals surface area (Å²) in [6.45, 7) is 0. The molecule has 0 spiro atoms. The fourth-order valence-electron chi connectivity index (χ4n) is 4.36. The van der Waals surface area contributed by atoms with Gasteiger partial charge in [0.1, 0.15) is 5.78 Å². The first-order valence-corrected chi connectivity index (χ1v) is 9.02. The van der Waals surface area contributed by atoms with Crippen LogP contribution in [0.3, 0.4) is 0 Å².